The van der Waals surface area contributed by atoms with Gasteiger partial charge in [-0.05, 0) is 52.6 Å². The first-order chi connectivity index (χ1) is 14.4. The van der Waals surface area contributed by atoms with Crippen molar-refractivity contribution in [3.63, 3.8) is 0 Å². The Morgan fingerprint density at radius 2 is 2.10 bits per heavy atom. The van der Waals surface area contributed by atoms with Crippen molar-refractivity contribution in [2.75, 3.05) is 17.3 Å². The predicted molar refractivity (Wildman–Crippen MR) is 117 cm³/mol. The molecule has 0 spiro atoms. The molecule has 3 aromatic rings. The van der Waals surface area contributed by atoms with Gasteiger partial charge >= 0.3 is 0 Å². The van der Waals surface area contributed by atoms with Crippen LogP contribution in [0.25, 0.3) is 5.69 Å². The van der Waals surface area contributed by atoms with Crippen LogP contribution in [0.4, 0.5) is 0 Å². The minimum Gasteiger partial charge on any atom is -0.333 e. The second-order valence-corrected chi connectivity index (χ2v) is 11.4. The van der Waals surface area contributed by atoms with E-state index in [0.29, 0.717) is 23.1 Å². The topological polar surface area (TPSA) is 98.1 Å². The molecule has 30 heavy (non-hydrogen) atoms. The molecular formula is C18H18ClN5O3S3. The number of sulfone groups is 1. The standard InChI is InChI=1S/C18H18ClN5O3S3/c19-13-3-5-14(6-4-13)24-18(20-21-22-24)29-11-17(25)23(10-16-2-1-8-28-16)15-7-9-30(26,27)12-15/h1-6,8,15H,7,9-12H2/t15-/m1/s1. The van der Waals surface area contributed by atoms with Gasteiger partial charge in [0.25, 0.3) is 0 Å². The van der Waals surface area contributed by atoms with E-state index in [1.807, 2.05) is 17.5 Å². The normalized spacial score (nSPS) is 17.8. The minimum absolute atomic E-state index is 0.0112. The number of amides is 1. The minimum atomic E-state index is -3.10. The van der Waals surface area contributed by atoms with Gasteiger partial charge < -0.3 is 4.90 Å². The van der Waals surface area contributed by atoms with E-state index in [1.54, 1.807) is 40.5 Å². The number of carbonyl (C=O) groups is 1. The zero-order valence-electron chi connectivity index (χ0n) is 15.7. The van der Waals surface area contributed by atoms with Crippen molar-refractivity contribution in [1.82, 2.24) is 25.1 Å². The van der Waals surface area contributed by atoms with Gasteiger partial charge in [-0.25, -0.2) is 8.42 Å². The largest absolute Gasteiger partial charge is 0.333 e. The Labute approximate surface area is 187 Å². The first kappa shape index (κ1) is 21.3. The predicted octanol–water partition coefficient (Wildman–Crippen LogP) is 2.69. The number of thiophene rings is 1. The average molecular weight is 484 g/mol. The molecule has 0 saturated carbocycles. The molecule has 0 unspecified atom stereocenters. The van der Waals surface area contributed by atoms with E-state index < -0.39 is 9.84 Å². The third-order valence-electron chi connectivity index (χ3n) is 4.71. The number of tetrazole rings is 1. The molecule has 0 aliphatic carbocycles. The fourth-order valence-corrected chi connectivity index (χ4v) is 6.57. The van der Waals surface area contributed by atoms with E-state index in [4.69, 9.17) is 11.6 Å². The summed E-state index contributed by atoms with van der Waals surface area (Å²) in [4.78, 5) is 15.8. The van der Waals surface area contributed by atoms with Gasteiger partial charge in [-0.2, -0.15) is 4.68 Å². The van der Waals surface area contributed by atoms with Crippen LogP contribution in [0.3, 0.4) is 0 Å². The Morgan fingerprint density at radius 1 is 1.30 bits per heavy atom. The molecule has 2 aromatic heterocycles. The number of hydrogen-bond acceptors (Lipinski definition) is 8. The van der Waals surface area contributed by atoms with Gasteiger partial charge in [0.05, 0.1) is 29.5 Å². The molecule has 0 N–H and O–H groups in total. The molecule has 4 rings (SSSR count). The van der Waals surface area contributed by atoms with Crippen LogP contribution >= 0.6 is 34.7 Å². The number of halogens is 1. The second-order valence-electron chi connectivity index (χ2n) is 6.80. The molecule has 1 amide bonds. The summed E-state index contributed by atoms with van der Waals surface area (Å²) >= 11 is 8.70. The molecule has 0 radical (unpaired) electrons. The molecule has 1 atom stereocenters. The molecular weight excluding hydrogens is 466 g/mol. The monoisotopic (exact) mass is 483 g/mol. The summed E-state index contributed by atoms with van der Waals surface area (Å²) in [6.45, 7) is 0.402. The number of nitrogens with zero attached hydrogens (tertiary/aromatic N) is 5. The summed E-state index contributed by atoms with van der Waals surface area (Å²) in [6, 6.07) is 10.6. The highest BCUT2D eigenvalue weighted by molar-refractivity contribution is 7.99. The lowest BCUT2D eigenvalue weighted by Crippen LogP contribution is -2.41. The van der Waals surface area contributed by atoms with Crippen LogP contribution in [0.1, 0.15) is 11.3 Å². The maximum absolute atomic E-state index is 13.1. The third-order valence-corrected chi connectivity index (χ3v) is 8.48. The van der Waals surface area contributed by atoms with Crippen LogP contribution in [-0.2, 0) is 21.2 Å². The average Bonchev–Trinajstić information content (AvgIpc) is 3.46. The van der Waals surface area contributed by atoms with Crippen LogP contribution in [0, 0.1) is 0 Å². The highest BCUT2D eigenvalue weighted by Crippen LogP contribution is 2.25. The summed E-state index contributed by atoms with van der Waals surface area (Å²) in [6.07, 6.45) is 0.465. The summed E-state index contributed by atoms with van der Waals surface area (Å²) in [7, 11) is -3.10. The lowest BCUT2D eigenvalue weighted by atomic mass is 10.2. The molecule has 1 fully saturated rings. The number of thioether (sulfide) groups is 1. The van der Waals surface area contributed by atoms with Gasteiger partial charge in [-0.1, -0.05) is 29.4 Å². The van der Waals surface area contributed by atoms with Gasteiger partial charge in [-0.3, -0.25) is 4.79 Å². The van der Waals surface area contributed by atoms with Crippen LogP contribution in [0.5, 0.6) is 0 Å². The fraction of sp³-hybridized carbons (Fsp3) is 0.333. The molecule has 12 heteroatoms. The molecule has 3 heterocycles. The Kier molecular flexibility index (Phi) is 6.42. The van der Waals surface area contributed by atoms with Crippen LogP contribution in [0.15, 0.2) is 46.9 Å². The fourth-order valence-electron chi connectivity index (χ4n) is 3.23. The Hall–Kier alpha value is -1.95. The van der Waals surface area contributed by atoms with Crippen molar-refractivity contribution >= 4 is 50.4 Å². The summed E-state index contributed by atoms with van der Waals surface area (Å²) in [5.41, 5.74) is 0.733. The number of aromatic nitrogens is 4. The van der Waals surface area contributed by atoms with E-state index >= 15 is 0 Å². The van der Waals surface area contributed by atoms with E-state index in [0.717, 1.165) is 10.6 Å². The zero-order chi connectivity index (χ0) is 21.1. The first-order valence-corrected chi connectivity index (χ1v) is 13.2. The number of hydrogen-bond donors (Lipinski definition) is 0. The maximum atomic E-state index is 13.1. The van der Waals surface area contributed by atoms with Crippen molar-refractivity contribution in [3.05, 3.63) is 51.7 Å². The molecule has 8 nitrogen and oxygen atoms in total. The summed E-state index contributed by atoms with van der Waals surface area (Å²) in [5.74, 6) is 0.0993. The van der Waals surface area contributed by atoms with E-state index in [2.05, 4.69) is 15.5 Å². The van der Waals surface area contributed by atoms with E-state index in [1.165, 1.54) is 16.4 Å². The van der Waals surface area contributed by atoms with Gasteiger partial charge in [0.1, 0.15) is 0 Å². The molecule has 158 valence electrons. The zero-order valence-corrected chi connectivity index (χ0v) is 18.9. The molecule has 1 aliphatic heterocycles. The Balaban J connectivity index is 1.48. The maximum Gasteiger partial charge on any atom is 0.233 e. The van der Waals surface area contributed by atoms with Gasteiger partial charge in [0.2, 0.25) is 11.1 Å². The van der Waals surface area contributed by atoms with Crippen LogP contribution < -0.4 is 0 Å². The lowest BCUT2D eigenvalue weighted by molar-refractivity contribution is -0.130. The number of rotatable bonds is 7. The third kappa shape index (κ3) is 5.02. The lowest BCUT2D eigenvalue weighted by Gasteiger charge is -2.27. The highest BCUT2D eigenvalue weighted by Gasteiger charge is 2.35. The van der Waals surface area contributed by atoms with Crippen LogP contribution in [-0.4, -0.2) is 62.7 Å². The second kappa shape index (κ2) is 9.04. The highest BCUT2D eigenvalue weighted by atomic mass is 35.5. The van der Waals surface area contributed by atoms with Crippen molar-refractivity contribution in [3.8, 4) is 5.69 Å². The smallest absolute Gasteiger partial charge is 0.233 e. The van der Waals surface area contributed by atoms with Gasteiger partial charge in [0, 0.05) is 15.9 Å². The van der Waals surface area contributed by atoms with Crippen LogP contribution in [0.2, 0.25) is 5.02 Å². The molecule has 1 aromatic carbocycles. The number of benzene rings is 1. The van der Waals surface area contributed by atoms with Crippen molar-refractivity contribution < 1.29 is 13.2 Å². The van der Waals surface area contributed by atoms with Crippen molar-refractivity contribution in [2.45, 2.75) is 24.2 Å². The SMILES string of the molecule is O=C(CSc1nnnn1-c1ccc(Cl)cc1)N(Cc1cccs1)[C@@H]1CCS(=O)(=O)C1. The van der Waals surface area contributed by atoms with E-state index in [9.17, 15) is 13.2 Å². The molecule has 1 saturated heterocycles. The van der Waals surface area contributed by atoms with Crippen molar-refractivity contribution in [2.24, 2.45) is 0 Å². The van der Waals surface area contributed by atoms with Gasteiger partial charge in [0.15, 0.2) is 9.84 Å². The summed E-state index contributed by atoms with van der Waals surface area (Å²) in [5, 5.41) is 14.7. The summed E-state index contributed by atoms with van der Waals surface area (Å²) < 4.78 is 25.5. The molecule has 0 bridgehead atoms. The van der Waals surface area contributed by atoms with Gasteiger partial charge in [-0.15, -0.1) is 16.4 Å². The Bertz CT molecular complexity index is 1120. The number of carbonyl (C=O) groups excluding carboxylic acids is 1. The molecule has 1 aliphatic rings. The van der Waals surface area contributed by atoms with E-state index in [-0.39, 0.29) is 29.2 Å². The quantitative estimate of drug-likeness (QED) is 0.476. The Morgan fingerprint density at radius 3 is 2.77 bits per heavy atom. The van der Waals surface area contributed by atoms with Crippen molar-refractivity contribution in [1.29, 1.82) is 0 Å². The first-order valence-electron chi connectivity index (χ1n) is 9.11.